The Labute approximate surface area is 227 Å². The van der Waals surface area contributed by atoms with E-state index in [1.807, 2.05) is 99.6 Å². The molecule has 0 fully saturated rings. The molecule has 2 heterocycles. The van der Waals surface area contributed by atoms with Crippen molar-refractivity contribution in [3.05, 3.63) is 112 Å². The molecule has 3 aromatic carbocycles. The number of carbonyl (C=O) groups is 1. The maximum Gasteiger partial charge on any atom is 0.306 e. The van der Waals surface area contributed by atoms with Gasteiger partial charge in [-0.15, -0.1) is 0 Å². The number of aryl methyl sites for hydroxylation is 1. The van der Waals surface area contributed by atoms with Gasteiger partial charge in [0.15, 0.2) is 0 Å². The molecular weight excluding hydrogens is 488 g/mol. The highest BCUT2D eigenvalue weighted by atomic mass is 16.5. The molecule has 2 N–H and O–H groups in total. The Balaban J connectivity index is 1.68. The first kappa shape index (κ1) is 26.3. The lowest BCUT2D eigenvalue weighted by atomic mass is 9.85. The molecule has 0 amide bonds. The number of aromatic hydroxyl groups is 1. The van der Waals surface area contributed by atoms with E-state index in [0.717, 1.165) is 27.7 Å². The van der Waals surface area contributed by atoms with Gasteiger partial charge in [-0.1, -0.05) is 81.4 Å². The molecule has 0 bridgehead atoms. The van der Waals surface area contributed by atoms with E-state index in [2.05, 4.69) is 4.98 Å². The smallest absolute Gasteiger partial charge is 0.306 e. The number of ether oxygens (including phenoxy) is 1. The molecule has 0 radical (unpaired) electrons. The molecule has 0 saturated heterocycles. The number of nitrogens with one attached hydrogen (secondary N) is 1. The van der Waals surface area contributed by atoms with Gasteiger partial charge < -0.3 is 19.4 Å². The number of carbonyl (C=O) groups excluding carboxylic acids is 1. The average molecular weight is 523 g/mol. The molecular formula is C33H34N2O4. The van der Waals surface area contributed by atoms with Gasteiger partial charge in [-0.05, 0) is 34.7 Å². The van der Waals surface area contributed by atoms with Crippen molar-refractivity contribution in [3.8, 4) is 5.75 Å². The van der Waals surface area contributed by atoms with Crippen LogP contribution in [0.5, 0.6) is 5.75 Å². The SMILES string of the molecule is Cn1c(=O)c(C(c2ccccc2)c2[nH]c3ccccc3c2CCOC(=O)CC(C)(C)C)c(O)c2ccccc21. The molecule has 5 rings (SSSR count). The fourth-order valence-corrected chi connectivity index (χ4v) is 5.37. The van der Waals surface area contributed by atoms with Crippen molar-refractivity contribution in [2.24, 2.45) is 12.5 Å². The second-order valence-corrected chi connectivity index (χ2v) is 11.3. The molecule has 1 unspecified atom stereocenters. The summed E-state index contributed by atoms with van der Waals surface area (Å²) in [6, 6.07) is 25.1. The summed E-state index contributed by atoms with van der Waals surface area (Å²) in [4.78, 5) is 29.9. The van der Waals surface area contributed by atoms with Crippen LogP contribution in [0.2, 0.25) is 0 Å². The van der Waals surface area contributed by atoms with E-state index in [9.17, 15) is 14.7 Å². The minimum absolute atomic E-state index is 0.0243. The highest BCUT2D eigenvalue weighted by molar-refractivity contribution is 5.88. The molecule has 0 aliphatic heterocycles. The first-order chi connectivity index (χ1) is 18.7. The van der Waals surface area contributed by atoms with Crippen molar-refractivity contribution in [1.82, 2.24) is 9.55 Å². The van der Waals surface area contributed by atoms with E-state index >= 15 is 0 Å². The highest BCUT2D eigenvalue weighted by Gasteiger charge is 2.30. The summed E-state index contributed by atoms with van der Waals surface area (Å²) in [6.07, 6.45) is 0.800. The van der Waals surface area contributed by atoms with Crippen molar-refractivity contribution in [2.75, 3.05) is 6.61 Å². The van der Waals surface area contributed by atoms with Crippen LogP contribution in [0.4, 0.5) is 0 Å². The number of rotatable bonds is 7. The highest BCUT2D eigenvalue weighted by Crippen LogP contribution is 2.41. The first-order valence-electron chi connectivity index (χ1n) is 13.3. The Hall–Kier alpha value is -4.32. The predicted octanol–water partition coefficient (Wildman–Crippen LogP) is 6.43. The third-order valence-corrected chi connectivity index (χ3v) is 7.16. The lowest BCUT2D eigenvalue weighted by Crippen LogP contribution is -2.25. The van der Waals surface area contributed by atoms with Gasteiger partial charge in [-0.3, -0.25) is 9.59 Å². The summed E-state index contributed by atoms with van der Waals surface area (Å²) in [6.45, 7) is 6.24. The molecule has 6 heteroatoms. The molecule has 5 aromatic rings. The van der Waals surface area contributed by atoms with Crippen LogP contribution >= 0.6 is 0 Å². The monoisotopic (exact) mass is 522 g/mol. The van der Waals surface area contributed by atoms with E-state index in [1.54, 1.807) is 11.6 Å². The molecule has 200 valence electrons. The largest absolute Gasteiger partial charge is 0.507 e. The Bertz CT molecular complexity index is 1710. The number of aromatic amines is 1. The number of hydrogen-bond acceptors (Lipinski definition) is 4. The molecule has 0 saturated carbocycles. The fraction of sp³-hybridized carbons (Fsp3) is 0.273. The molecule has 1 atom stereocenters. The summed E-state index contributed by atoms with van der Waals surface area (Å²) in [5.41, 5.74) is 4.10. The van der Waals surface area contributed by atoms with Crippen molar-refractivity contribution in [1.29, 1.82) is 0 Å². The summed E-state index contributed by atoms with van der Waals surface area (Å²) in [5.74, 6) is -0.824. The number of fused-ring (bicyclic) bond motifs is 2. The van der Waals surface area contributed by atoms with Crippen LogP contribution in [0.15, 0.2) is 83.7 Å². The number of H-pyrrole nitrogens is 1. The van der Waals surface area contributed by atoms with E-state index < -0.39 is 5.92 Å². The van der Waals surface area contributed by atoms with Crippen LogP contribution in [-0.2, 0) is 23.0 Å². The first-order valence-corrected chi connectivity index (χ1v) is 13.3. The van der Waals surface area contributed by atoms with Gasteiger partial charge in [0.05, 0.1) is 30.0 Å². The Morgan fingerprint density at radius 2 is 1.59 bits per heavy atom. The third-order valence-electron chi connectivity index (χ3n) is 7.16. The predicted molar refractivity (Wildman–Crippen MR) is 155 cm³/mol. The summed E-state index contributed by atoms with van der Waals surface area (Å²) in [5, 5.41) is 13.2. The van der Waals surface area contributed by atoms with Gasteiger partial charge in [-0.25, -0.2) is 0 Å². The van der Waals surface area contributed by atoms with Crippen molar-refractivity contribution in [3.63, 3.8) is 0 Å². The summed E-state index contributed by atoms with van der Waals surface area (Å²) >= 11 is 0. The van der Waals surface area contributed by atoms with E-state index in [-0.39, 0.29) is 29.3 Å². The van der Waals surface area contributed by atoms with Crippen molar-refractivity contribution >= 4 is 27.8 Å². The van der Waals surface area contributed by atoms with Gasteiger partial charge in [0, 0.05) is 35.5 Å². The Morgan fingerprint density at radius 3 is 2.31 bits per heavy atom. The van der Waals surface area contributed by atoms with Gasteiger partial charge in [-0.2, -0.15) is 0 Å². The van der Waals surface area contributed by atoms with Crippen LogP contribution in [0, 0.1) is 5.41 Å². The van der Waals surface area contributed by atoms with Gasteiger partial charge in [0.1, 0.15) is 5.75 Å². The van der Waals surface area contributed by atoms with Crippen LogP contribution in [0.3, 0.4) is 0 Å². The zero-order valence-electron chi connectivity index (χ0n) is 22.8. The number of para-hydroxylation sites is 2. The van der Waals surface area contributed by atoms with Gasteiger partial charge in [0.2, 0.25) is 0 Å². The van der Waals surface area contributed by atoms with Crippen LogP contribution in [-0.4, -0.2) is 27.2 Å². The molecule has 2 aromatic heterocycles. The Kier molecular flexibility index (Phi) is 7.04. The summed E-state index contributed by atoms with van der Waals surface area (Å²) < 4.78 is 7.24. The molecule has 6 nitrogen and oxygen atoms in total. The van der Waals surface area contributed by atoms with Crippen molar-refractivity contribution < 1.29 is 14.6 Å². The summed E-state index contributed by atoms with van der Waals surface area (Å²) in [7, 11) is 1.73. The topological polar surface area (TPSA) is 84.3 Å². The minimum atomic E-state index is -0.567. The van der Waals surface area contributed by atoms with Crippen LogP contribution in [0.1, 0.15) is 55.5 Å². The zero-order valence-corrected chi connectivity index (χ0v) is 22.8. The van der Waals surface area contributed by atoms with E-state index in [1.165, 1.54) is 0 Å². The molecule has 0 aliphatic carbocycles. The second kappa shape index (κ2) is 10.4. The maximum atomic E-state index is 13.9. The fourth-order valence-electron chi connectivity index (χ4n) is 5.37. The minimum Gasteiger partial charge on any atom is -0.507 e. The van der Waals surface area contributed by atoms with Crippen LogP contribution < -0.4 is 5.56 Å². The molecule has 0 spiro atoms. The Morgan fingerprint density at radius 1 is 0.949 bits per heavy atom. The number of hydrogen-bond donors (Lipinski definition) is 2. The average Bonchev–Trinajstić information content (AvgIpc) is 3.27. The van der Waals surface area contributed by atoms with Gasteiger partial charge >= 0.3 is 5.97 Å². The number of benzene rings is 3. The standard InChI is InChI=1S/C33H34N2O4/c1-33(2,3)20-27(36)39-19-18-23-22-14-8-10-16-25(22)34-30(23)28(21-12-6-5-7-13-21)29-31(37)24-15-9-11-17-26(24)35(4)32(29)38/h5-17,28,34,37H,18-20H2,1-4H3. The number of aromatic nitrogens is 2. The van der Waals surface area contributed by atoms with Crippen LogP contribution in [0.25, 0.3) is 21.8 Å². The van der Waals surface area contributed by atoms with E-state index in [0.29, 0.717) is 29.3 Å². The lowest BCUT2D eigenvalue weighted by Gasteiger charge is -2.22. The number of pyridine rings is 1. The quantitative estimate of drug-likeness (QED) is 0.241. The molecule has 0 aliphatic rings. The van der Waals surface area contributed by atoms with Crippen molar-refractivity contribution in [2.45, 2.75) is 39.5 Å². The second-order valence-electron chi connectivity index (χ2n) is 11.3. The number of nitrogens with zero attached hydrogens (tertiary/aromatic N) is 1. The zero-order chi connectivity index (χ0) is 27.7. The normalized spacial score (nSPS) is 12.6. The lowest BCUT2D eigenvalue weighted by molar-refractivity contribution is -0.145. The third kappa shape index (κ3) is 5.19. The molecule has 39 heavy (non-hydrogen) atoms. The number of esters is 1. The maximum absolute atomic E-state index is 13.9. The van der Waals surface area contributed by atoms with E-state index in [4.69, 9.17) is 4.74 Å². The van der Waals surface area contributed by atoms with Gasteiger partial charge in [0.25, 0.3) is 5.56 Å².